The van der Waals surface area contributed by atoms with Crippen LogP contribution in [-0.4, -0.2) is 16.1 Å². The SMILES string of the molecule is Cc1cc(C)c(Cc2ccc(C(=O)Nc3cccc(-c4ccn[nH]4)c3)o2)c(C)c1. The van der Waals surface area contributed by atoms with E-state index in [0.717, 1.165) is 17.0 Å². The minimum absolute atomic E-state index is 0.268. The third kappa shape index (κ3) is 4.14. The van der Waals surface area contributed by atoms with Gasteiger partial charge >= 0.3 is 0 Å². The van der Waals surface area contributed by atoms with Crippen LogP contribution in [0.3, 0.4) is 0 Å². The number of benzene rings is 2. The number of carbonyl (C=O) groups is 1. The molecule has 2 aromatic heterocycles. The molecule has 2 aromatic carbocycles. The molecule has 0 saturated carbocycles. The molecule has 2 N–H and O–H groups in total. The molecule has 0 aliphatic heterocycles. The second-order valence-electron chi connectivity index (χ2n) is 7.33. The van der Waals surface area contributed by atoms with Crippen LogP contribution in [-0.2, 0) is 6.42 Å². The minimum Gasteiger partial charge on any atom is -0.456 e. The zero-order chi connectivity index (χ0) is 20.4. The van der Waals surface area contributed by atoms with Crippen molar-refractivity contribution in [1.29, 1.82) is 0 Å². The molecular formula is C24H23N3O2. The number of aromatic amines is 1. The quantitative estimate of drug-likeness (QED) is 0.481. The Kier molecular flexibility index (Phi) is 5.04. The van der Waals surface area contributed by atoms with Gasteiger partial charge in [0.1, 0.15) is 5.76 Å². The maximum absolute atomic E-state index is 12.6. The highest BCUT2D eigenvalue weighted by atomic mass is 16.3. The van der Waals surface area contributed by atoms with Crippen LogP contribution in [0.2, 0.25) is 0 Å². The van der Waals surface area contributed by atoms with E-state index in [-0.39, 0.29) is 5.91 Å². The summed E-state index contributed by atoms with van der Waals surface area (Å²) < 4.78 is 5.84. The van der Waals surface area contributed by atoms with Crippen LogP contribution in [0.5, 0.6) is 0 Å². The molecule has 5 nitrogen and oxygen atoms in total. The summed E-state index contributed by atoms with van der Waals surface area (Å²) in [5, 5.41) is 9.79. The highest BCUT2D eigenvalue weighted by Crippen LogP contribution is 2.23. The number of rotatable bonds is 5. The number of aryl methyl sites for hydroxylation is 3. The molecule has 1 amide bonds. The summed E-state index contributed by atoms with van der Waals surface area (Å²) in [6, 6.07) is 17.4. The first-order chi connectivity index (χ1) is 14.0. The summed E-state index contributed by atoms with van der Waals surface area (Å²) in [6.07, 6.45) is 2.36. The molecule has 0 unspecified atom stereocenters. The van der Waals surface area contributed by atoms with Gasteiger partial charge in [-0.25, -0.2) is 0 Å². The van der Waals surface area contributed by atoms with Crippen molar-refractivity contribution in [3.8, 4) is 11.3 Å². The summed E-state index contributed by atoms with van der Waals surface area (Å²) in [4.78, 5) is 12.6. The van der Waals surface area contributed by atoms with Gasteiger partial charge < -0.3 is 9.73 Å². The molecule has 0 saturated heterocycles. The number of hydrogen-bond donors (Lipinski definition) is 2. The van der Waals surface area contributed by atoms with Crippen molar-refractivity contribution in [2.45, 2.75) is 27.2 Å². The van der Waals surface area contributed by atoms with Crippen LogP contribution in [0.4, 0.5) is 5.69 Å². The Morgan fingerprint density at radius 3 is 2.55 bits per heavy atom. The van der Waals surface area contributed by atoms with E-state index in [4.69, 9.17) is 4.42 Å². The Labute approximate surface area is 169 Å². The van der Waals surface area contributed by atoms with E-state index in [1.807, 2.05) is 36.4 Å². The first-order valence-corrected chi connectivity index (χ1v) is 9.56. The van der Waals surface area contributed by atoms with Crippen molar-refractivity contribution in [2.24, 2.45) is 0 Å². The van der Waals surface area contributed by atoms with Crippen LogP contribution in [0.15, 0.2) is 65.2 Å². The molecule has 0 aliphatic rings. The monoisotopic (exact) mass is 385 g/mol. The minimum atomic E-state index is -0.268. The van der Waals surface area contributed by atoms with E-state index in [2.05, 4.69) is 48.4 Å². The predicted octanol–water partition coefficient (Wildman–Crippen LogP) is 5.44. The second-order valence-corrected chi connectivity index (χ2v) is 7.33. The van der Waals surface area contributed by atoms with Gasteiger partial charge in [0.25, 0.3) is 5.91 Å². The number of carbonyl (C=O) groups excluding carboxylic acids is 1. The van der Waals surface area contributed by atoms with Gasteiger partial charge in [0.15, 0.2) is 5.76 Å². The Bertz CT molecular complexity index is 1130. The number of furan rings is 1. The van der Waals surface area contributed by atoms with Gasteiger partial charge in [-0.1, -0.05) is 29.8 Å². The molecule has 4 aromatic rings. The van der Waals surface area contributed by atoms with E-state index >= 15 is 0 Å². The molecular weight excluding hydrogens is 362 g/mol. The van der Waals surface area contributed by atoms with Crippen LogP contribution in [0.25, 0.3) is 11.3 Å². The van der Waals surface area contributed by atoms with Gasteiger partial charge in [0.05, 0.1) is 5.69 Å². The van der Waals surface area contributed by atoms with Crippen molar-refractivity contribution in [3.63, 3.8) is 0 Å². The van der Waals surface area contributed by atoms with Gasteiger partial charge in [-0.15, -0.1) is 0 Å². The van der Waals surface area contributed by atoms with Crippen LogP contribution >= 0.6 is 0 Å². The van der Waals surface area contributed by atoms with Crippen LogP contribution in [0, 0.1) is 20.8 Å². The normalized spacial score (nSPS) is 10.9. The van der Waals surface area contributed by atoms with Crippen molar-refractivity contribution in [1.82, 2.24) is 10.2 Å². The highest BCUT2D eigenvalue weighted by Gasteiger charge is 2.14. The van der Waals surface area contributed by atoms with E-state index < -0.39 is 0 Å². The van der Waals surface area contributed by atoms with Crippen molar-refractivity contribution in [3.05, 3.63) is 94.6 Å². The summed E-state index contributed by atoms with van der Waals surface area (Å²) in [5.41, 5.74) is 7.51. The van der Waals surface area contributed by atoms with E-state index in [1.165, 1.54) is 22.3 Å². The number of H-pyrrole nitrogens is 1. The largest absolute Gasteiger partial charge is 0.456 e. The van der Waals surface area contributed by atoms with E-state index in [0.29, 0.717) is 17.9 Å². The number of nitrogens with zero attached hydrogens (tertiary/aromatic N) is 1. The van der Waals surface area contributed by atoms with Crippen molar-refractivity contribution in [2.75, 3.05) is 5.32 Å². The third-order valence-corrected chi connectivity index (χ3v) is 5.01. The van der Waals surface area contributed by atoms with Crippen LogP contribution in [0.1, 0.15) is 38.6 Å². The first-order valence-electron chi connectivity index (χ1n) is 9.56. The molecule has 29 heavy (non-hydrogen) atoms. The molecule has 0 radical (unpaired) electrons. The number of hydrogen-bond acceptors (Lipinski definition) is 3. The van der Waals surface area contributed by atoms with Gasteiger partial charge in [-0.3, -0.25) is 9.89 Å². The molecule has 2 heterocycles. The van der Waals surface area contributed by atoms with Crippen molar-refractivity contribution < 1.29 is 9.21 Å². The standard InChI is InChI=1S/C24H23N3O2/c1-15-11-16(2)21(17(3)12-15)14-20-7-8-23(29-20)24(28)26-19-6-4-5-18(13-19)22-9-10-25-27-22/h4-13H,14H2,1-3H3,(H,25,27)(H,26,28). The van der Waals surface area contributed by atoms with Gasteiger partial charge in [0.2, 0.25) is 0 Å². The van der Waals surface area contributed by atoms with Gasteiger partial charge in [-0.05, 0) is 67.8 Å². The fraction of sp³-hybridized carbons (Fsp3) is 0.167. The average molecular weight is 385 g/mol. The Morgan fingerprint density at radius 2 is 1.83 bits per heavy atom. The summed E-state index contributed by atoms with van der Waals surface area (Å²) in [5.74, 6) is 0.807. The zero-order valence-electron chi connectivity index (χ0n) is 16.7. The maximum Gasteiger partial charge on any atom is 0.291 e. The lowest BCUT2D eigenvalue weighted by Gasteiger charge is -2.10. The third-order valence-electron chi connectivity index (χ3n) is 5.01. The topological polar surface area (TPSA) is 70.9 Å². The first kappa shape index (κ1) is 18.7. The maximum atomic E-state index is 12.6. The number of aromatic nitrogens is 2. The van der Waals surface area contributed by atoms with E-state index in [9.17, 15) is 4.79 Å². The summed E-state index contributed by atoms with van der Waals surface area (Å²) in [6.45, 7) is 6.32. The fourth-order valence-electron chi connectivity index (χ4n) is 3.63. The molecule has 4 rings (SSSR count). The molecule has 5 heteroatoms. The van der Waals surface area contributed by atoms with Crippen molar-refractivity contribution >= 4 is 11.6 Å². The fourth-order valence-corrected chi connectivity index (χ4v) is 3.63. The Morgan fingerprint density at radius 1 is 1.03 bits per heavy atom. The molecule has 0 bridgehead atoms. The number of anilines is 1. The van der Waals surface area contributed by atoms with Crippen LogP contribution < -0.4 is 5.32 Å². The molecule has 0 fully saturated rings. The lowest BCUT2D eigenvalue weighted by Crippen LogP contribution is -2.10. The molecule has 0 atom stereocenters. The van der Waals surface area contributed by atoms with Gasteiger partial charge in [0, 0.05) is 23.9 Å². The molecule has 0 aliphatic carbocycles. The predicted molar refractivity (Wildman–Crippen MR) is 114 cm³/mol. The average Bonchev–Trinajstić information content (AvgIpc) is 3.37. The zero-order valence-corrected chi connectivity index (χ0v) is 16.7. The smallest absolute Gasteiger partial charge is 0.291 e. The second kappa shape index (κ2) is 7.80. The lowest BCUT2D eigenvalue weighted by atomic mass is 9.97. The number of nitrogens with one attached hydrogen (secondary N) is 2. The Hall–Kier alpha value is -3.60. The highest BCUT2D eigenvalue weighted by molar-refractivity contribution is 6.02. The lowest BCUT2D eigenvalue weighted by molar-refractivity contribution is 0.0995. The number of amides is 1. The molecule has 0 spiro atoms. The summed E-state index contributed by atoms with van der Waals surface area (Å²) >= 11 is 0. The van der Waals surface area contributed by atoms with Gasteiger partial charge in [-0.2, -0.15) is 5.10 Å². The van der Waals surface area contributed by atoms with E-state index in [1.54, 1.807) is 12.3 Å². The Balaban J connectivity index is 1.49. The summed E-state index contributed by atoms with van der Waals surface area (Å²) in [7, 11) is 0. The molecule has 146 valence electrons.